The molecule has 0 unspecified atom stereocenters. The molecule has 3 N–H and O–H groups in total. The van der Waals surface area contributed by atoms with Gasteiger partial charge in [0.05, 0.1) is 13.2 Å². The minimum absolute atomic E-state index is 0.0509. The number of benzene rings is 1. The van der Waals surface area contributed by atoms with Gasteiger partial charge in [0.2, 0.25) is 5.91 Å². The Bertz CT molecular complexity index is 525. The summed E-state index contributed by atoms with van der Waals surface area (Å²) in [4.78, 5) is 13.2. The van der Waals surface area contributed by atoms with Gasteiger partial charge in [-0.15, -0.1) is 0 Å². The first-order valence-electron chi connectivity index (χ1n) is 8.14. The fraction of sp³-hybridized carbons (Fsp3) is 0.529. The summed E-state index contributed by atoms with van der Waals surface area (Å²) < 4.78 is 5.38. The minimum Gasteiger partial charge on any atom is -0.370 e. The second-order valence-corrected chi connectivity index (χ2v) is 6.74. The SMILES string of the molecule is CC(C)CC(=O)NC(=S)Nc1ccc(C[NH+]2CCOCC2)cc1. The molecule has 1 heterocycles. The first-order chi connectivity index (χ1) is 11.0. The molecular formula is C17H26N3O2S+. The number of rotatable bonds is 5. The van der Waals surface area contributed by atoms with E-state index >= 15 is 0 Å². The van der Waals surface area contributed by atoms with Crippen LogP contribution in [0.1, 0.15) is 25.8 Å². The van der Waals surface area contributed by atoms with Crippen molar-refractivity contribution in [1.29, 1.82) is 0 Å². The lowest BCUT2D eigenvalue weighted by Crippen LogP contribution is -3.12. The monoisotopic (exact) mass is 336 g/mol. The molecule has 1 fully saturated rings. The number of carbonyl (C=O) groups is 1. The van der Waals surface area contributed by atoms with Crippen molar-refractivity contribution in [2.24, 2.45) is 5.92 Å². The molecule has 0 saturated carbocycles. The van der Waals surface area contributed by atoms with Gasteiger partial charge >= 0.3 is 0 Å². The second-order valence-electron chi connectivity index (χ2n) is 6.34. The van der Waals surface area contributed by atoms with Crippen LogP contribution in [0.5, 0.6) is 0 Å². The maximum atomic E-state index is 11.7. The van der Waals surface area contributed by atoms with Gasteiger partial charge in [0.1, 0.15) is 19.6 Å². The Kier molecular flexibility index (Phi) is 6.95. The molecule has 1 aromatic carbocycles. The van der Waals surface area contributed by atoms with Gasteiger partial charge in [0, 0.05) is 17.7 Å². The highest BCUT2D eigenvalue weighted by Gasteiger charge is 2.14. The zero-order valence-corrected chi connectivity index (χ0v) is 14.7. The molecule has 0 aromatic heterocycles. The molecule has 0 atom stereocenters. The van der Waals surface area contributed by atoms with Crippen LogP contribution in [0.3, 0.4) is 0 Å². The third-order valence-corrected chi connectivity index (χ3v) is 3.92. The Morgan fingerprint density at radius 1 is 1.26 bits per heavy atom. The third-order valence-electron chi connectivity index (χ3n) is 3.71. The van der Waals surface area contributed by atoms with Crippen LogP contribution >= 0.6 is 12.2 Å². The zero-order chi connectivity index (χ0) is 16.7. The summed E-state index contributed by atoms with van der Waals surface area (Å²) in [6, 6.07) is 8.19. The molecule has 0 radical (unpaired) electrons. The van der Waals surface area contributed by atoms with Gasteiger partial charge < -0.3 is 20.3 Å². The third kappa shape index (κ3) is 6.64. The fourth-order valence-corrected chi connectivity index (χ4v) is 2.77. The molecule has 5 nitrogen and oxygen atoms in total. The Morgan fingerprint density at radius 2 is 1.91 bits per heavy atom. The van der Waals surface area contributed by atoms with Gasteiger partial charge in [-0.05, 0) is 30.3 Å². The van der Waals surface area contributed by atoms with E-state index in [0.717, 1.165) is 38.5 Å². The summed E-state index contributed by atoms with van der Waals surface area (Å²) in [6.07, 6.45) is 0.475. The van der Waals surface area contributed by atoms with E-state index in [1.807, 2.05) is 26.0 Å². The van der Waals surface area contributed by atoms with Crippen molar-refractivity contribution in [2.45, 2.75) is 26.8 Å². The summed E-state index contributed by atoms with van der Waals surface area (Å²) in [5, 5.41) is 6.10. The van der Waals surface area contributed by atoms with Gasteiger partial charge in [-0.1, -0.05) is 26.0 Å². The predicted molar refractivity (Wildman–Crippen MR) is 95.5 cm³/mol. The molecular weight excluding hydrogens is 310 g/mol. The van der Waals surface area contributed by atoms with Crippen molar-refractivity contribution in [2.75, 3.05) is 31.6 Å². The largest absolute Gasteiger partial charge is 0.370 e. The summed E-state index contributed by atoms with van der Waals surface area (Å²) in [5.41, 5.74) is 2.18. The number of anilines is 1. The summed E-state index contributed by atoms with van der Waals surface area (Å²) in [7, 11) is 0. The van der Waals surface area contributed by atoms with Crippen molar-refractivity contribution >= 4 is 28.9 Å². The lowest BCUT2D eigenvalue weighted by molar-refractivity contribution is -0.921. The highest BCUT2D eigenvalue weighted by molar-refractivity contribution is 7.80. The number of nitrogens with one attached hydrogen (secondary N) is 3. The van der Waals surface area contributed by atoms with Crippen LogP contribution in [-0.4, -0.2) is 37.3 Å². The average molecular weight is 336 g/mol. The molecule has 1 aliphatic heterocycles. The first kappa shape index (κ1) is 17.8. The first-order valence-corrected chi connectivity index (χ1v) is 8.55. The Labute approximate surface area is 143 Å². The van der Waals surface area contributed by atoms with E-state index in [2.05, 4.69) is 22.8 Å². The lowest BCUT2D eigenvalue weighted by Gasteiger charge is -2.23. The Hall–Kier alpha value is -1.50. The lowest BCUT2D eigenvalue weighted by atomic mass is 10.1. The smallest absolute Gasteiger partial charge is 0.226 e. The van der Waals surface area contributed by atoms with Crippen LogP contribution in [0, 0.1) is 5.92 Å². The van der Waals surface area contributed by atoms with Crippen LogP contribution in [0.4, 0.5) is 5.69 Å². The number of ether oxygens (including phenoxy) is 1. The van der Waals surface area contributed by atoms with E-state index in [9.17, 15) is 4.79 Å². The van der Waals surface area contributed by atoms with Crippen molar-refractivity contribution in [3.63, 3.8) is 0 Å². The maximum absolute atomic E-state index is 11.7. The Balaban J connectivity index is 1.79. The van der Waals surface area contributed by atoms with Crippen molar-refractivity contribution in [3.05, 3.63) is 29.8 Å². The molecule has 126 valence electrons. The quantitative estimate of drug-likeness (QED) is 0.701. The van der Waals surface area contributed by atoms with Gasteiger partial charge in [-0.25, -0.2) is 0 Å². The molecule has 23 heavy (non-hydrogen) atoms. The predicted octanol–water partition coefficient (Wildman–Crippen LogP) is 0.961. The number of thiocarbonyl (C=S) groups is 1. The summed E-state index contributed by atoms with van der Waals surface area (Å²) in [5.74, 6) is 0.268. The van der Waals surface area contributed by atoms with E-state index in [1.165, 1.54) is 5.56 Å². The van der Waals surface area contributed by atoms with Crippen LogP contribution in [0.15, 0.2) is 24.3 Å². The van der Waals surface area contributed by atoms with E-state index < -0.39 is 0 Å². The second kappa shape index (κ2) is 8.96. The number of hydrogen-bond acceptors (Lipinski definition) is 3. The molecule has 1 aliphatic rings. The van der Waals surface area contributed by atoms with Crippen molar-refractivity contribution < 1.29 is 14.4 Å². The number of hydrogen-bond donors (Lipinski definition) is 3. The van der Waals surface area contributed by atoms with Crippen molar-refractivity contribution in [1.82, 2.24) is 5.32 Å². The molecule has 1 aromatic rings. The van der Waals surface area contributed by atoms with Crippen LogP contribution < -0.4 is 15.5 Å². The molecule has 1 amide bonds. The number of morpholine rings is 1. The summed E-state index contributed by atoms with van der Waals surface area (Å²) >= 11 is 5.17. The molecule has 1 saturated heterocycles. The average Bonchev–Trinajstić information content (AvgIpc) is 2.49. The van der Waals surface area contributed by atoms with E-state index in [0.29, 0.717) is 17.5 Å². The topological polar surface area (TPSA) is 54.8 Å². The highest BCUT2D eigenvalue weighted by atomic mass is 32.1. The Morgan fingerprint density at radius 3 is 2.52 bits per heavy atom. The zero-order valence-electron chi connectivity index (χ0n) is 13.9. The van der Waals surface area contributed by atoms with Crippen molar-refractivity contribution in [3.8, 4) is 0 Å². The van der Waals surface area contributed by atoms with E-state index in [-0.39, 0.29) is 5.91 Å². The molecule has 0 spiro atoms. The van der Waals surface area contributed by atoms with Crippen LogP contribution in [-0.2, 0) is 16.1 Å². The molecule has 6 heteroatoms. The number of quaternary nitrogens is 1. The number of carbonyl (C=O) groups excluding carboxylic acids is 1. The van der Waals surface area contributed by atoms with Gasteiger partial charge in [-0.2, -0.15) is 0 Å². The number of amides is 1. The van der Waals surface area contributed by atoms with E-state index in [1.54, 1.807) is 4.90 Å². The molecule has 0 bridgehead atoms. The minimum atomic E-state index is -0.0509. The van der Waals surface area contributed by atoms with E-state index in [4.69, 9.17) is 17.0 Å². The molecule has 2 rings (SSSR count). The highest BCUT2D eigenvalue weighted by Crippen LogP contribution is 2.09. The normalized spacial score (nSPS) is 15.4. The van der Waals surface area contributed by atoms with Crippen LogP contribution in [0.25, 0.3) is 0 Å². The summed E-state index contributed by atoms with van der Waals surface area (Å²) in [6.45, 7) is 8.84. The standard InChI is InChI=1S/C17H25N3O2S/c1-13(2)11-16(21)19-17(23)18-15-5-3-14(4-6-15)12-20-7-9-22-10-8-20/h3-6,13H,7-12H2,1-2H3,(H2,18,19,21,23)/p+1. The van der Waals surface area contributed by atoms with Gasteiger partial charge in [0.15, 0.2) is 5.11 Å². The maximum Gasteiger partial charge on any atom is 0.226 e. The fourth-order valence-electron chi connectivity index (χ4n) is 2.54. The van der Waals surface area contributed by atoms with Crippen LogP contribution in [0.2, 0.25) is 0 Å². The molecule has 0 aliphatic carbocycles. The van der Waals surface area contributed by atoms with Gasteiger partial charge in [0.25, 0.3) is 0 Å². The van der Waals surface area contributed by atoms with Gasteiger partial charge in [-0.3, -0.25) is 4.79 Å².